The van der Waals surface area contributed by atoms with Crippen LogP contribution in [0.1, 0.15) is 57.4 Å². The largest absolute Gasteiger partial charge is 0.480 e. The molecule has 2 N–H and O–H groups in total. The standard InChI is InChI=1S/C32H36N4O9/c1-5-17(2)25(29(38)39)35(31(41)42-16-22-20-12-8-6-10-18(20)19-11-7-9-13-21(19)22)15-23-26-27(45-32(3,4)44-26)28(43-23)36-30(40)34-24(37)14-33-36/h6-14,17,22-23,25-28H,5,15-16H2,1-4H3,(H,38,39)(H,34,37,40)/t17-,23+,25-,26+,27+,28+/m0/s1. The van der Waals surface area contributed by atoms with E-state index in [0.717, 1.165) is 33.1 Å². The van der Waals surface area contributed by atoms with Gasteiger partial charge in [0.05, 0.1) is 6.54 Å². The van der Waals surface area contributed by atoms with E-state index in [9.17, 15) is 24.3 Å². The number of hydrogen-bond donors (Lipinski definition) is 2. The van der Waals surface area contributed by atoms with Crippen molar-refractivity contribution < 1.29 is 33.6 Å². The molecule has 3 heterocycles. The van der Waals surface area contributed by atoms with E-state index in [0.29, 0.717) is 6.42 Å². The first-order valence-corrected chi connectivity index (χ1v) is 15.0. The Labute approximate surface area is 258 Å². The van der Waals surface area contributed by atoms with Crippen LogP contribution in [0.5, 0.6) is 0 Å². The summed E-state index contributed by atoms with van der Waals surface area (Å²) in [6, 6.07) is 14.6. The Morgan fingerprint density at radius 3 is 2.29 bits per heavy atom. The van der Waals surface area contributed by atoms with Gasteiger partial charge in [0.1, 0.15) is 37.2 Å². The van der Waals surface area contributed by atoms with Crippen molar-refractivity contribution in [3.05, 3.63) is 86.7 Å². The molecule has 3 aromatic rings. The highest BCUT2D eigenvalue weighted by atomic mass is 16.8. The van der Waals surface area contributed by atoms with Gasteiger partial charge < -0.3 is 24.1 Å². The zero-order chi connectivity index (χ0) is 32.0. The Bertz CT molecular complexity index is 1670. The number of hydrogen-bond acceptors (Lipinski definition) is 9. The van der Waals surface area contributed by atoms with Crippen molar-refractivity contribution in [1.82, 2.24) is 19.7 Å². The second-order valence-electron chi connectivity index (χ2n) is 12.1. The summed E-state index contributed by atoms with van der Waals surface area (Å²) in [6.07, 6.45) is -3.05. The number of carbonyl (C=O) groups is 2. The highest BCUT2D eigenvalue weighted by molar-refractivity contribution is 5.81. The van der Waals surface area contributed by atoms with Crippen molar-refractivity contribution in [2.75, 3.05) is 13.2 Å². The van der Waals surface area contributed by atoms with Gasteiger partial charge in [-0.25, -0.2) is 14.4 Å². The van der Waals surface area contributed by atoms with Crippen molar-refractivity contribution in [3.63, 3.8) is 0 Å². The normalized spacial score (nSPS) is 24.4. The lowest BCUT2D eigenvalue weighted by atomic mass is 9.97. The molecule has 0 spiro atoms. The maximum atomic E-state index is 13.9. The summed E-state index contributed by atoms with van der Waals surface area (Å²) < 4.78 is 25.3. The first kappa shape index (κ1) is 30.7. The lowest BCUT2D eigenvalue weighted by molar-refractivity contribution is -0.201. The molecule has 2 aliphatic heterocycles. The van der Waals surface area contributed by atoms with Crippen LogP contribution in [-0.2, 0) is 23.7 Å². The number of aromatic amines is 1. The van der Waals surface area contributed by atoms with E-state index >= 15 is 0 Å². The van der Waals surface area contributed by atoms with Crippen molar-refractivity contribution in [3.8, 4) is 11.1 Å². The van der Waals surface area contributed by atoms with Crippen LogP contribution in [0.3, 0.4) is 0 Å². The molecule has 0 saturated carbocycles. The Hall–Kier alpha value is -4.33. The van der Waals surface area contributed by atoms with E-state index in [1.165, 1.54) is 4.90 Å². The molecule has 0 bridgehead atoms. The first-order valence-electron chi connectivity index (χ1n) is 15.0. The summed E-state index contributed by atoms with van der Waals surface area (Å²) in [7, 11) is 0. The zero-order valence-corrected chi connectivity index (χ0v) is 25.4. The van der Waals surface area contributed by atoms with Crippen molar-refractivity contribution in [2.24, 2.45) is 5.92 Å². The molecule has 45 heavy (non-hydrogen) atoms. The summed E-state index contributed by atoms with van der Waals surface area (Å²) in [5, 5.41) is 14.3. The van der Waals surface area contributed by atoms with Gasteiger partial charge in [0.15, 0.2) is 12.0 Å². The van der Waals surface area contributed by atoms with Gasteiger partial charge in [-0.05, 0) is 42.0 Å². The molecule has 0 unspecified atom stereocenters. The van der Waals surface area contributed by atoms with Crippen molar-refractivity contribution >= 4 is 12.1 Å². The summed E-state index contributed by atoms with van der Waals surface area (Å²) in [5.41, 5.74) is 2.70. The first-order chi connectivity index (χ1) is 21.5. The molecule has 13 nitrogen and oxygen atoms in total. The molecule has 2 saturated heterocycles. The minimum atomic E-state index is -1.24. The highest BCUT2D eigenvalue weighted by Gasteiger charge is 2.57. The number of benzene rings is 2. The molecule has 238 valence electrons. The third-order valence-electron chi connectivity index (χ3n) is 8.82. The fourth-order valence-electron chi connectivity index (χ4n) is 6.63. The highest BCUT2D eigenvalue weighted by Crippen LogP contribution is 2.45. The minimum Gasteiger partial charge on any atom is -0.480 e. The second-order valence-corrected chi connectivity index (χ2v) is 12.1. The Kier molecular flexibility index (Phi) is 8.10. The fourth-order valence-corrected chi connectivity index (χ4v) is 6.63. The number of carboxylic acid groups (broad SMARTS) is 1. The molecule has 6 atom stereocenters. The van der Waals surface area contributed by atoms with Crippen LogP contribution in [0.4, 0.5) is 4.79 Å². The average Bonchev–Trinajstić information content (AvgIpc) is 3.61. The van der Waals surface area contributed by atoms with E-state index in [4.69, 9.17) is 18.9 Å². The number of ether oxygens (including phenoxy) is 4. The molecule has 1 amide bonds. The third kappa shape index (κ3) is 5.67. The van der Waals surface area contributed by atoms with Gasteiger partial charge in [-0.3, -0.25) is 14.7 Å². The maximum absolute atomic E-state index is 13.9. The number of H-pyrrole nitrogens is 1. The summed E-state index contributed by atoms with van der Waals surface area (Å²) >= 11 is 0. The lowest BCUT2D eigenvalue weighted by Crippen LogP contribution is -2.53. The van der Waals surface area contributed by atoms with Gasteiger partial charge in [-0.2, -0.15) is 9.78 Å². The van der Waals surface area contributed by atoms with E-state index in [1.807, 2.05) is 55.5 Å². The lowest BCUT2D eigenvalue weighted by Gasteiger charge is -2.34. The van der Waals surface area contributed by atoms with Gasteiger partial charge in [0, 0.05) is 5.92 Å². The van der Waals surface area contributed by atoms with Gasteiger partial charge in [0.25, 0.3) is 5.56 Å². The predicted octanol–water partition coefficient (Wildman–Crippen LogP) is 3.10. The summed E-state index contributed by atoms with van der Waals surface area (Å²) in [6.45, 7) is 6.77. The van der Waals surface area contributed by atoms with Crippen LogP contribution in [0, 0.1) is 5.92 Å². The zero-order valence-electron chi connectivity index (χ0n) is 25.4. The van der Waals surface area contributed by atoms with Crippen molar-refractivity contribution in [2.45, 2.75) is 76.4 Å². The van der Waals surface area contributed by atoms with E-state index in [-0.39, 0.29) is 19.1 Å². The van der Waals surface area contributed by atoms with Gasteiger partial charge in [-0.1, -0.05) is 68.8 Å². The molecule has 1 aliphatic carbocycles. The average molecular weight is 621 g/mol. The number of rotatable bonds is 9. The number of aliphatic carboxylic acids is 1. The number of nitrogens with zero attached hydrogens (tertiary/aromatic N) is 3. The molecule has 1 aromatic heterocycles. The Morgan fingerprint density at radius 2 is 1.69 bits per heavy atom. The Morgan fingerprint density at radius 1 is 1.07 bits per heavy atom. The summed E-state index contributed by atoms with van der Waals surface area (Å²) in [4.78, 5) is 54.2. The minimum absolute atomic E-state index is 0.000256. The molecular formula is C32H36N4O9. The van der Waals surface area contributed by atoms with Crippen LogP contribution in [-0.4, -0.2) is 80.1 Å². The molecule has 2 aromatic carbocycles. The fraction of sp³-hybridized carbons (Fsp3) is 0.469. The number of carbonyl (C=O) groups excluding carboxylic acids is 1. The van der Waals surface area contributed by atoms with E-state index < -0.39 is 65.6 Å². The number of nitrogens with one attached hydrogen (secondary N) is 1. The van der Waals surface area contributed by atoms with Gasteiger partial charge in [0.2, 0.25) is 0 Å². The van der Waals surface area contributed by atoms with E-state index in [2.05, 4.69) is 10.1 Å². The molecule has 6 rings (SSSR count). The molecule has 3 aliphatic rings. The summed E-state index contributed by atoms with van der Waals surface area (Å²) in [5.74, 6) is -2.92. The number of fused-ring (bicyclic) bond motifs is 4. The second kappa shape index (κ2) is 11.9. The van der Waals surface area contributed by atoms with Crippen LogP contribution in [0.2, 0.25) is 0 Å². The smallest absolute Gasteiger partial charge is 0.410 e. The molecule has 2 fully saturated rings. The van der Waals surface area contributed by atoms with E-state index in [1.54, 1.807) is 20.8 Å². The molecular weight excluding hydrogens is 584 g/mol. The SMILES string of the molecule is CC[C@H](C)[C@@H](C(=O)O)N(C[C@H]1O[C@@H](n2ncc(=O)[nH]c2=O)[C@@H]2OC(C)(C)O[C@@H]21)C(=O)OCC1c2ccccc2-c2ccccc21. The van der Waals surface area contributed by atoms with Crippen LogP contribution in [0.15, 0.2) is 64.3 Å². The number of amides is 1. The number of carboxylic acids is 1. The van der Waals surface area contributed by atoms with Gasteiger partial charge in [-0.15, -0.1) is 0 Å². The van der Waals surface area contributed by atoms with Crippen LogP contribution < -0.4 is 11.2 Å². The number of aromatic nitrogens is 3. The monoisotopic (exact) mass is 620 g/mol. The van der Waals surface area contributed by atoms with Crippen LogP contribution in [0.25, 0.3) is 11.1 Å². The van der Waals surface area contributed by atoms with Crippen LogP contribution >= 0.6 is 0 Å². The molecule has 0 radical (unpaired) electrons. The topological polar surface area (TPSA) is 162 Å². The molecule has 13 heteroatoms. The van der Waals surface area contributed by atoms with Crippen molar-refractivity contribution in [1.29, 1.82) is 0 Å². The quantitative estimate of drug-likeness (QED) is 0.364. The third-order valence-corrected chi connectivity index (χ3v) is 8.82. The Balaban J connectivity index is 1.29. The van der Waals surface area contributed by atoms with Gasteiger partial charge >= 0.3 is 17.8 Å². The predicted molar refractivity (Wildman–Crippen MR) is 160 cm³/mol. The maximum Gasteiger partial charge on any atom is 0.410 e.